The Hall–Kier alpha value is -1.78. The number of fused-ring (bicyclic) bond motifs is 1. The standard InChI is InChI=1S/C19H22N2O2.ClH/c1-13-10-16(18(23-13)14-6-3-2-4-7-14)19(22)21-11-15-8-5-9-20-17(15)12-21;/h2-4,6-7,10,15,17,20H,5,8-9,11-12H2,1H3;1H/t15-,17+;/m0./s1. The second-order valence-electron chi connectivity index (χ2n) is 6.64. The highest BCUT2D eigenvalue weighted by Crippen LogP contribution is 2.31. The van der Waals surface area contributed by atoms with Crippen molar-refractivity contribution in [1.82, 2.24) is 10.2 Å². The molecule has 1 N–H and O–H groups in total. The van der Waals surface area contributed by atoms with E-state index in [-0.39, 0.29) is 18.3 Å². The Morgan fingerprint density at radius 2 is 2.04 bits per heavy atom. The van der Waals surface area contributed by atoms with Crippen LogP contribution in [-0.4, -0.2) is 36.5 Å². The number of carbonyl (C=O) groups is 1. The zero-order chi connectivity index (χ0) is 15.8. The lowest BCUT2D eigenvalue weighted by molar-refractivity contribution is 0.0786. The van der Waals surface area contributed by atoms with Crippen LogP contribution in [0.15, 0.2) is 40.8 Å². The second kappa shape index (κ2) is 6.99. The van der Waals surface area contributed by atoms with Gasteiger partial charge in [0.05, 0.1) is 5.56 Å². The predicted octanol–water partition coefficient (Wildman–Crippen LogP) is 3.50. The van der Waals surface area contributed by atoms with Crippen LogP contribution in [0, 0.1) is 12.8 Å². The lowest BCUT2D eigenvalue weighted by atomic mass is 9.94. The topological polar surface area (TPSA) is 45.5 Å². The number of benzene rings is 1. The minimum Gasteiger partial charge on any atom is -0.461 e. The van der Waals surface area contributed by atoms with E-state index >= 15 is 0 Å². The molecule has 1 amide bonds. The van der Waals surface area contributed by atoms with Crippen LogP contribution in [0.2, 0.25) is 0 Å². The molecule has 5 heteroatoms. The molecule has 0 saturated carbocycles. The van der Waals surface area contributed by atoms with E-state index in [0.29, 0.717) is 23.3 Å². The number of rotatable bonds is 2. The molecule has 0 bridgehead atoms. The molecule has 4 rings (SSSR count). The lowest BCUT2D eigenvalue weighted by Crippen LogP contribution is -2.41. The largest absolute Gasteiger partial charge is 0.461 e. The van der Waals surface area contributed by atoms with Gasteiger partial charge in [-0.3, -0.25) is 4.79 Å². The minimum absolute atomic E-state index is 0. The van der Waals surface area contributed by atoms with E-state index in [1.807, 2.05) is 48.2 Å². The third-order valence-corrected chi connectivity index (χ3v) is 5.01. The summed E-state index contributed by atoms with van der Waals surface area (Å²) in [5.74, 6) is 2.16. The molecule has 0 spiro atoms. The first-order valence-corrected chi connectivity index (χ1v) is 8.41. The molecule has 128 valence electrons. The maximum absolute atomic E-state index is 13.0. The number of amides is 1. The van der Waals surface area contributed by atoms with Gasteiger partial charge in [-0.05, 0) is 38.3 Å². The summed E-state index contributed by atoms with van der Waals surface area (Å²) in [5, 5.41) is 3.55. The van der Waals surface area contributed by atoms with Gasteiger partial charge in [0.25, 0.3) is 5.91 Å². The fraction of sp³-hybridized carbons (Fsp3) is 0.421. The monoisotopic (exact) mass is 346 g/mol. The van der Waals surface area contributed by atoms with Gasteiger partial charge in [-0.2, -0.15) is 0 Å². The molecule has 2 aromatic rings. The molecular formula is C19H23ClN2O2. The first-order valence-electron chi connectivity index (χ1n) is 8.41. The number of aryl methyl sites for hydroxylation is 1. The van der Waals surface area contributed by atoms with Gasteiger partial charge in [-0.15, -0.1) is 12.4 Å². The van der Waals surface area contributed by atoms with Gasteiger partial charge in [0.1, 0.15) is 11.5 Å². The van der Waals surface area contributed by atoms with Crippen molar-refractivity contribution >= 4 is 18.3 Å². The molecule has 1 aromatic carbocycles. The van der Waals surface area contributed by atoms with Crippen LogP contribution >= 0.6 is 12.4 Å². The van der Waals surface area contributed by atoms with E-state index in [2.05, 4.69) is 5.32 Å². The summed E-state index contributed by atoms with van der Waals surface area (Å²) in [4.78, 5) is 15.0. The third kappa shape index (κ3) is 3.08. The van der Waals surface area contributed by atoms with Crippen molar-refractivity contribution in [3.8, 4) is 11.3 Å². The zero-order valence-electron chi connectivity index (χ0n) is 13.8. The van der Waals surface area contributed by atoms with Crippen LogP contribution in [0.4, 0.5) is 0 Å². The van der Waals surface area contributed by atoms with Crippen LogP contribution in [0.5, 0.6) is 0 Å². The van der Waals surface area contributed by atoms with E-state index in [4.69, 9.17) is 4.42 Å². The molecule has 2 atom stereocenters. The van der Waals surface area contributed by atoms with Crippen molar-refractivity contribution in [1.29, 1.82) is 0 Å². The van der Waals surface area contributed by atoms with Crippen molar-refractivity contribution in [2.75, 3.05) is 19.6 Å². The number of carbonyl (C=O) groups excluding carboxylic acids is 1. The summed E-state index contributed by atoms with van der Waals surface area (Å²) in [5.41, 5.74) is 1.64. The van der Waals surface area contributed by atoms with E-state index in [9.17, 15) is 4.79 Å². The number of furan rings is 1. The van der Waals surface area contributed by atoms with Crippen molar-refractivity contribution in [3.05, 3.63) is 47.7 Å². The number of halogens is 1. The fourth-order valence-corrected chi connectivity index (χ4v) is 3.86. The summed E-state index contributed by atoms with van der Waals surface area (Å²) >= 11 is 0. The lowest BCUT2D eigenvalue weighted by Gasteiger charge is -2.24. The van der Waals surface area contributed by atoms with Crippen molar-refractivity contribution < 1.29 is 9.21 Å². The van der Waals surface area contributed by atoms with Gasteiger partial charge in [0.2, 0.25) is 0 Å². The predicted molar refractivity (Wildman–Crippen MR) is 96.5 cm³/mol. The van der Waals surface area contributed by atoms with Crippen LogP contribution in [0.25, 0.3) is 11.3 Å². The van der Waals surface area contributed by atoms with E-state index in [0.717, 1.165) is 31.0 Å². The van der Waals surface area contributed by atoms with Crippen LogP contribution in [0.1, 0.15) is 29.0 Å². The van der Waals surface area contributed by atoms with Gasteiger partial charge in [-0.1, -0.05) is 30.3 Å². The number of hydrogen-bond donors (Lipinski definition) is 1. The molecule has 24 heavy (non-hydrogen) atoms. The van der Waals surface area contributed by atoms with Crippen molar-refractivity contribution in [2.24, 2.45) is 5.92 Å². The third-order valence-electron chi connectivity index (χ3n) is 5.01. The van der Waals surface area contributed by atoms with Gasteiger partial charge in [-0.25, -0.2) is 0 Å². The smallest absolute Gasteiger partial charge is 0.257 e. The van der Waals surface area contributed by atoms with Gasteiger partial charge in [0, 0.05) is 24.7 Å². The van der Waals surface area contributed by atoms with Crippen LogP contribution < -0.4 is 5.32 Å². The quantitative estimate of drug-likeness (QED) is 0.905. The molecule has 0 radical (unpaired) electrons. The average Bonchev–Trinajstić information content (AvgIpc) is 3.18. The van der Waals surface area contributed by atoms with Gasteiger partial charge >= 0.3 is 0 Å². The van der Waals surface area contributed by atoms with E-state index in [1.54, 1.807) is 0 Å². The minimum atomic E-state index is 0. The van der Waals surface area contributed by atoms with Gasteiger partial charge < -0.3 is 14.6 Å². The number of likely N-dealkylation sites (tertiary alicyclic amines) is 1. The fourth-order valence-electron chi connectivity index (χ4n) is 3.86. The van der Waals surface area contributed by atoms with Gasteiger partial charge in [0.15, 0.2) is 0 Å². The molecular weight excluding hydrogens is 324 g/mol. The molecule has 4 nitrogen and oxygen atoms in total. The maximum Gasteiger partial charge on any atom is 0.257 e. The van der Waals surface area contributed by atoms with Crippen LogP contribution in [0.3, 0.4) is 0 Å². The summed E-state index contributed by atoms with van der Waals surface area (Å²) in [6.07, 6.45) is 2.43. The molecule has 2 aliphatic rings. The van der Waals surface area contributed by atoms with E-state index < -0.39 is 0 Å². The first-order chi connectivity index (χ1) is 11.2. The molecule has 2 fully saturated rings. The molecule has 3 heterocycles. The van der Waals surface area contributed by atoms with Crippen LogP contribution in [-0.2, 0) is 0 Å². The molecule has 1 aromatic heterocycles. The Balaban J connectivity index is 0.00000169. The molecule has 0 aliphatic carbocycles. The summed E-state index contributed by atoms with van der Waals surface area (Å²) in [7, 11) is 0. The number of piperidine rings is 1. The average molecular weight is 347 g/mol. The van der Waals surface area contributed by atoms with E-state index in [1.165, 1.54) is 12.8 Å². The number of nitrogens with zero attached hydrogens (tertiary/aromatic N) is 1. The Kier molecular flexibility index (Phi) is 4.97. The highest BCUT2D eigenvalue weighted by atomic mass is 35.5. The number of nitrogens with one attached hydrogen (secondary N) is 1. The highest BCUT2D eigenvalue weighted by molar-refractivity contribution is 6.00. The summed E-state index contributed by atoms with van der Waals surface area (Å²) in [6.45, 7) is 4.63. The Morgan fingerprint density at radius 1 is 1.25 bits per heavy atom. The SMILES string of the molecule is Cc1cc(C(=O)N2C[C@@H]3CCCN[C@@H]3C2)c(-c2ccccc2)o1.Cl. The summed E-state index contributed by atoms with van der Waals surface area (Å²) in [6, 6.07) is 12.2. The highest BCUT2D eigenvalue weighted by Gasteiger charge is 2.37. The zero-order valence-corrected chi connectivity index (χ0v) is 14.6. The number of hydrogen-bond acceptors (Lipinski definition) is 3. The normalized spacial score (nSPS) is 22.8. The first kappa shape index (κ1) is 17.1. The Bertz CT molecular complexity index is 699. The second-order valence-corrected chi connectivity index (χ2v) is 6.64. The Morgan fingerprint density at radius 3 is 2.79 bits per heavy atom. The maximum atomic E-state index is 13.0. The van der Waals surface area contributed by atoms with Crippen molar-refractivity contribution in [2.45, 2.75) is 25.8 Å². The molecule has 2 saturated heterocycles. The molecule has 2 aliphatic heterocycles. The Labute approximate surface area is 148 Å². The summed E-state index contributed by atoms with van der Waals surface area (Å²) < 4.78 is 5.84. The van der Waals surface area contributed by atoms with Crippen molar-refractivity contribution in [3.63, 3.8) is 0 Å². The molecule has 0 unspecified atom stereocenters.